The number of nitrogens with zero attached hydrogens (tertiary/aromatic N) is 5. The van der Waals surface area contributed by atoms with E-state index in [1.807, 2.05) is 31.2 Å². The quantitative estimate of drug-likeness (QED) is 0.397. The molecule has 0 atom stereocenters. The molecule has 2 aromatic carbocycles. The number of aromatic amines is 1. The number of benzene rings is 2. The summed E-state index contributed by atoms with van der Waals surface area (Å²) in [6.07, 6.45) is 4.17. The van der Waals surface area contributed by atoms with E-state index in [0.29, 0.717) is 17.3 Å². The van der Waals surface area contributed by atoms with Crippen molar-refractivity contribution in [1.82, 2.24) is 24.1 Å². The van der Waals surface area contributed by atoms with Crippen LogP contribution >= 0.6 is 0 Å². The number of aliphatic carboxylic acids is 1. The van der Waals surface area contributed by atoms with Gasteiger partial charge in [-0.3, -0.25) is 19.3 Å². The molecule has 11 heteroatoms. The second-order valence-corrected chi connectivity index (χ2v) is 7.65. The molecule has 0 aliphatic rings. The van der Waals surface area contributed by atoms with Gasteiger partial charge in [-0.25, -0.2) is 24.1 Å². The average Bonchev–Trinajstić information content (AvgIpc) is 2.84. The molecule has 2 heterocycles. The van der Waals surface area contributed by atoms with E-state index in [2.05, 4.69) is 19.9 Å². The number of aryl methyl sites for hydroxylation is 1. The van der Waals surface area contributed by atoms with E-state index >= 15 is 0 Å². The molecular weight excluding hydrogens is 452 g/mol. The second kappa shape index (κ2) is 10.4. The fraction of sp³-hybridized carbons (Fsp3) is 0.167. The van der Waals surface area contributed by atoms with Crippen LogP contribution < -0.4 is 21.7 Å². The SMILES string of the molecule is Cc1ccc(Cn2c(=O)n(CCC(=O)O)c(=O)[nH]/c2=N\c2ccc(Oc3cnccn3)cc2)cc1. The van der Waals surface area contributed by atoms with E-state index in [0.717, 1.165) is 15.7 Å². The van der Waals surface area contributed by atoms with Gasteiger partial charge in [-0.2, -0.15) is 0 Å². The number of aromatic nitrogens is 5. The minimum Gasteiger partial charge on any atom is -0.481 e. The van der Waals surface area contributed by atoms with Crippen molar-refractivity contribution in [1.29, 1.82) is 0 Å². The van der Waals surface area contributed by atoms with Crippen LogP contribution in [0.25, 0.3) is 0 Å². The van der Waals surface area contributed by atoms with Gasteiger partial charge in [0.15, 0.2) is 0 Å². The molecule has 0 aliphatic carbocycles. The largest absolute Gasteiger partial charge is 0.481 e. The van der Waals surface area contributed by atoms with Gasteiger partial charge in [0, 0.05) is 18.9 Å². The van der Waals surface area contributed by atoms with Crippen molar-refractivity contribution in [2.45, 2.75) is 26.4 Å². The Morgan fingerprint density at radius 2 is 1.80 bits per heavy atom. The number of hydrogen-bond acceptors (Lipinski definition) is 7. The van der Waals surface area contributed by atoms with Gasteiger partial charge >= 0.3 is 17.3 Å². The molecule has 0 bridgehead atoms. The second-order valence-electron chi connectivity index (χ2n) is 7.65. The molecule has 4 rings (SSSR count). The highest BCUT2D eigenvalue weighted by atomic mass is 16.5. The Morgan fingerprint density at radius 3 is 2.46 bits per heavy atom. The third kappa shape index (κ3) is 5.96. The Hall–Kier alpha value is -4.80. The fourth-order valence-electron chi connectivity index (χ4n) is 3.24. The van der Waals surface area contributed by atoms with Crippen molar-refractivity contribution in [3.63, 3.8) is 0 Å². The molecule has 0 unspecified atom stereocenters. The topological polar surface area (TPSA) is 144 Å². The number of carbonyl (C=O) groups is 1. The van der Waals surface area contributed by atoms with Gasteiger partial charge in [-0.05, 0) is 36.8 Å². The summed E-state index contributed by atoms with van der Waals surface area (Å²) < 4.78 is 7.78. The molecule has 0 fully saturated rings. The highest BCUT2D eigenvalue weighted by molar-refractivity contribution is 5.66. The highest BCUT2D eigenvalue weighted by Crippen LogP contribution is 2.21. The van der Waals surface area contributed by atoms with Crippen LogP contribution in [0.5, 0.6) is 11.6 Å². The standard InChI is InChI=1S/C24H22N6O5/c1-16-2-4-17(5-3-16)15-30-22(28-23(33)29(24(30)34)13-10-21(31)32)27-18-6-8-19(9-7-18)35-20-14-25-11-12-26-20/h2-9,11-12,14H,10,13,15H2,1H3,(H,31,32)(H,27,28,33). The van der Waals surface area contributed by atoms with Crippen LogP contribution in [0.2, 0.25) is 0 Å². The highest BCUT2D eigenvalue weighted by Gasteiger charge is 2.11. The van der Waals surface area contributed by atoms with Crippen molar-refractivity contribution >= 4 is 11.7 Å². The Kier molecular flexibility index (Phi) is 6.96. The van der Waals surface area contributed by atoms with Crippen LogP contribution in [-0.4, -0.2) is 35.2 Å². The first kappa shape index (κ1) is 23.4. The van der Waals surface area contributed by atoms with Gasteiger partial charge in [0.25, 0.3) is 0 Å². The summed E-state index contributed by atoms with van der Waals surface area (Å²) in [6, 6.07) is 14.2. The summed E-state index contributed by atoms with van der Waals surface area (Å²) in [7, 11) is 0. The molecule has 0 amide bonds. The minimum atomic E-state index is -1.11. The molecule has 4 aromatic rings. The number of nitrogens with one attached hydrogen (secondary N) is 1. The normalized spacial score (nSPS) is 11.4. The predicted octanol–water partition coefficient (Wildman–Crippen LogP) is 1.98. The lowest BCUT2D eigenvalue weighted by molar-refractivity contribution is -0.137. The monoisotopic (exact) mass is 474 g/mol. The molecule has 0 aliphatic heterocycles. The average molecular weight is 474 g/mol. The number of H-pyrrole nitrogens is 1. The van der Waals surface area contributed by atoms with Gasteiger partial charge < -0.3 is 9.84 Å². The van der Waals surface area contributed by atoms with Crippen LogP contribution in [0.3, 0.4) is 0 Å². The Balaban J connectivity index is 1.73. The Labute approximate surface area is 198 Å². The summed E-state index contributed by atoms with van der Waals surface area (Å²) in [5.74, 6) is -0.268. The maximum absolute atomic E-state index is 13.2. The van der Waals surface area contributed by atoms with Crippen molar-refractivity contribution < 1.29 is 14.6 Å². The summed E-state index contributed by atoms with van der Waals surface area (Å²) >= 11 is 0. The van der Waals surface area contributed by atoms with E-state index < -0.39 is 17.3 Å². The molecule has 2 N–H and O–H groups in total. The lowest BCUT2D eigenvalue weighted by Gasteiger charge is -2.11. The molecule has 0 saturated carbocycles. The smallest absolute Gasteiger partial charge is 0.335 e. The minimum absolute atomic E-state index is 0.0368. The van der Waals surface area contributed by atoms with Crippen LogP contribution in [-0.2, 0) is 17.9 Å². The first-order valence-electron chi connectivity index (χ1n) is 10.7. The molecular formula is C24H22N6O5. The number of hydrogen-bond donors (Lipinski definition) is 2. The Bertz CT molecular complexity index is 1500. The van der Waals surface area contributed by atoms with E-state index in [1.54, 1.807) is 24.3 Å². The van der Waals surface area contributed by atoms with Gasteiger partial charge in [0.05, 0.1) is 24.8 Å². The summed E-state index contributed by atoms with van der Waals surface area (Å²) in [6.45, 7) is 1.83. The van der Waals surface area contributed by atoms with E-state index in [-0.39, 0.29) is 25.1 Å². The fourth-order valence-corrected chi connectivity index (χ4v) is 3.24. The third-order valence-electron chi connectivity index (χ3n) is 5.03. The van der Waals surface area contributed by atoms with E-state index in [4.69, 9.17) is 9.84 Å². The van der Waals surface area contributed by atoms with Crippen LogP contribution in [0.1, 0.15) is 17.5 Å². The molecule has 2 aromatic heterocycles. The first-order valence-corrected chi connectivity index (χ1v) is 10.7. The number of carboxylic acids is 1. The van der Waals surface area contributed by atoms with Gasteiger partial charge in [-0.1, -0.05) is 29.8 Å². The zero-order valence-corrected chi connectivity index (χ0v) is 18.8. The molecule has 11 nitrogen and oxygen atoms in total. The summed E-state index contributed by atoms with van der Waals surface area (Å²) in [5.41, 5.74) is 0.989. The summed E-state index contributed by atoms with van der Waals surface area (Å²) in [4.78, 5) is 51.8. The Morgan fingerprint density at radius 1 is 1.06 bits per heavy atom. The van der Waals surface area contributed by atoms with Crippen LogP contribution in [0.15, 0.2) is 81.7 Å². The molecule has 0 spiro atoms. The van der Waals surface area contributed by atoms with Crippen LogP contribution in [0.4, 0.5) is 5.69 Å². The molecule has 0 radical (unpaired) electrons. The zero-order valence-electron chi connectivity index (χ0n) is 18.8. The zero-order chi connectivity index (χ0) is 24.8. The number of ether oxygens (including phenoxy) is 1. The maximum Gasteiger partial charge on any atom is 0.335 e. The van der Waals surface area contributed by atoms with Crippen molar-refractivity contribution in [3.8, 4) is 11.6 Å². The van der Waals surface area contributed by atoms with Gasteiger partial charge in [0.1, 0.15) is 5.75 Å². The lowest BCUT2D eigenvalue weighted by atomic mass is 10.1. The van der Waals surface area contributed by atoms with Gasteiger partial charge in [0.2, 0.25) is 11.5 Å². The van der Waals surface area contributed by atoms with E-state index in [9.17, 15) is 14.4 Å². The van der Waals surface area contributed by atoms with Crippen molar-refractivity contribution in [3.05, 3.63) is 105 Å². The van der Waals surface area contributed by atoms with E-state index in [1.165, 1.54) is 23.2 Å². The first-order chi connectivity index (χ1) is 16.9. The number of carboxylic acid groups (broad SMARTS) is 1. The molecule has 35 heavy (non-hydrogen) atoms. The lowest BCUT2D eigenvalue weighted by Crippen LogP contribution is -2.50. The number of rotatable bonds is 8. The maximum atomic E-state index is 13.2. The predicted molar refractivity (Wildman–Crippen MR) is 126 cm³/mol. The third-order valence-corrected chi connectivity index (χ3v) is 5.03. The summed E-state index contributed by atoms with van der Waals surface area (Å²) in [5, 5.41) is 8.98. The van der Waals surface area contributed by atoms with Crippen LogP contribution in [0, 0.1) is 6.92 Å². The van der Waals surface area contributed by atoms with Crippen molar-refractivity contribution in [2.24, 2.45) is 4.99 Å². The van der Waals surface area contributed by atoms with Gasteiger partial charge in [-0.15, -0.1) is 0 Å². The van der Waals surface area contributed by atoms with Crippen molar-refractivity contribution in [2.75, 3.05) is 0 Å². The molecule has 178 valence electrons. The molecule has 0 saturated heterocycles.